The molecule has 0 spiro atoms. The van der Waals surface area contributed by atoms with Crippen molar-refractivity contribution in [1.29, 1.82) is 0 Å². The molecule has 0 bridgehead atoms. The quantitative estimate of drug-likeness (QED) is 0.353. The Labute approximate surface area is 167 Å². The zero-order chi connectivity index (χ0) is 20.5. The zero-order valence-corrected chi connectivity index (χ0v) is 18.1. The van der Waals surface area contributed by atoms with Crippen LogP contribution >= 0.6 is 18.4 Å². The summed E-state index contributed by atoms with van der Waals surface area (Å²) in [4.78, 5) is 0. The number of halogens is 4. The van der Waals surface area contributed by atoms with Gasteiger partial charge in [0.05, 0.1) is 0 Å². The summed E-state index contributed by atoms with van der Waals surface area (Å²) < 4.78 is 67.6. The van der Waals surface area contributed by atoms with Gasteiger partial charge in [-0.05, 0) is 0 Å². The van der Waals surface area contributed by atoms with Crippen molar-refractivity contribution in [3.8, 4) is 0 Å². The average molecular weight is 522 g/mol. The van der Waals surface area contributed by atoms with E-state index in [2.05, 4.69) is 5.10 Å². The van der Waals surface area contributed by atoms with Crippen molar-refractivity contribution in [3.05, 3.63) is 84.8 Å². The molecule has 2 aromatic carbocycles. The molecule has 150 valence electrons. The molecule has 9 heteroatoms. The molecule has 0 fully saturated rings. The van der Waals surface area contributed by atoms with Gasteiger partial charge in [-0.1, -0.05) is 0 Å². The molecule has 0 unspecified atom stereocenters. The van der Waals surface area contributed by atoms with E-state index in [1.165, 1.54) is 12.1 Å². The minimum atomic E-state index is -5.35. The normalized spacial score (nSPS) is 12.8. The van der Waals surface area contributed by atoms with E-state index in [1.807, 2.05) is 30.3 Å². The number of hydrogen-bond donors (Lipinski definition) is 0. The van der Waals surface area contributed by atoms with E-state index >= 15 is 0 Å². The van der Waals surface area contributed by atoms with Crippen LogP contribution in [0.1, 0.15) is 17.0 Å². The van der Waals surface area contributed by atoms with Crippen LogP contribution in [0.2, 0.25) is 0 Å². The van der Waals surface area contributed by atoms with Crippen molar-refractivity contribution in [2.24, 2.45) is 0 Å². The molecule has 0 aliphatic carbocycles. The number of hydrogen-bond acceptors (Lipinski definition) is 3. The van der Waals surface area contributed by atoms with E-state index in [0.717, 1.165) is 5.56 Å². The number of aryl methyl sites for hydroxylation is 1. The van der Waals surface area contributed by atoms with Gasteiger partial charge in [-0.3, -0.25) is 0 Å². The number of aromatic nitrogens is 2. The van der Waals surface area contributed by atoms with Crippen LogP contribution in [-0.2, 0) is 13.6 Å². The Morgan fingerprint density at radius 3 is 2.04 bits per heavy atom. The van der Waals surface area contributed by atoms with Crippen LogP contribution in [0.4, 0.5) is 13.2 Å². The first kappa shape index (κ1) is 20.8. The summed E-state index contributed by atoms with van der Waals surface area (Å²) in [5.41, 5.74) is -3.59. The van der Waals surface area contributed by atoms with Crippen LogP contribution in [-0.4, -0.2) is 23.7 Å². The van der Waals surface area contributed by atoms with Crippen molar-refractivity contribution in [3.63, 3.8) is 0 Å². The topological polar surface area (TPSA) is 52.0 Å². The molecule has 0 atom stereocenters. The summed E-state index contributed by atoms with van der Waals surface area (Å²) >= 11 is -3.92. The Bertz CT molecular complexity index is 1070. The summed E-state index contributed by atoms with van der Waals surface area (Å²) in [7, 11) is -5.35. The van der Waals surface area contributed by atoms with Gasteiger partial charge in [0.2, 0.25) is 0 Å². The molecule has 3 aromatic rings. The zero-order valence-electron chi connectivity index (χ0n) is 15.1. The van der Waals surface area contributed by atoms with Gasteiger partial charge in [0, 0.05) is 0 Å². The maximum atomic E-state index is 13.5. The summed E-state index contributed by atoms with van der Waals surface area (Å²) in [6.45, 7) is 3.57. The third-order valence-electron chi connectivity index (χ3n) is 4.05. The van der Waals surface area contributed by atoms with E-state index in [4.69, 9.17) is 0 Å². The Morgan fingerprint density at radius 1 is 0.964 bits per heavy atom. The second-order valence-electron chi connectivity index (χ2n) is 6.06. The van der Waals surface area contributed by atoms with Gasteiger partial charge in [0.1, 0.15) is 0 Å². The van der Waals surface area contributed by atoms with Crippen LogP contribution in [0.15, 0.2) is 60.7 Å². The fraction of sp³-hybridized carbons (Fsp3) is 0.211. The Hall–Kier alpha value is -1.88. The molecule has 0 amide bonds. The number of nitrogens with zero attached hydrogens (tertiary/aromatic N) is 2. The molecule has 1 aromatic heterocycles. The predicted molar refractivity (Wildman–Crippen MR) is 110 cm³/mol. The van der Waals surface area contributed by atoms with Crippen LogP contribution in [0.5, 0.6) is 0 Å². The van der Waals surface area contributed by atoms with Gasteiger partial charge in [-0.15, -0.1) is 0 Å². The third-order valence-corrected chi connectivity index (χ3v) is 16.6. The van der Waals surface area contributed by atoms with Gasteiger partial charge in [0.25, 0.3) is 0 Å². The van der Waals surface area contributed by atoms with Crippen LogP contribution in [0.25, 0.3) is 0 Å². The van der Waals surface area contributed by atoms with Crippen LogP contribution in [0.3, 0.4) is 0 Å². The molecule has 28 heavy (non-hydrogen) atoms. The van der Waals surface area contributed by atoms with Crippen LogP contribution < -0.4 is 0 Å². The van der Waals surface area contributed by atoms with Crippen molar-refractivity contribution >= 4 is 25.4 Å². The summed E-state index contributed by atoms with van der Waals surface area (Å²) in [6, 6.07) is 17.0. The number of benzene rings is 2. The summed E-state index contributed by atoms with van der Waals surface area (Å²) in [5, 5.41) is 4.37. The summed E-state index contributed by atoms with van der Waals surface area (Å²) in [5.74, 6) is 0. The van der Waals surface area contributed by atoms with Gasteiger partial charge in [-0.2, -0.15) is 0 Å². The molecule has 3 rings (SSSR count). The van der Waals surface area contributed by atoms with Gasteiger partial charge >= 0.3 is 167 Å². The van der Waals surface area contributed by atoms with Crippen molar-refractivity contribution < 1.29 is 21.6 Å². The van der Waals surface area contributed by atoms with Crippen molar-refractivity contribution in [1.82, 2.24) is 9.78 Å². The first-order valence-electron chi connectivity index (χ1n) is 8.28. The molecule has 0 saturated heterocycles. The van der Waals surface area contributed by atoms with E-state index in [1.54, 1.807) is 36.7 Å². The standard InChI is InChI=1S/C19H18F3IN2O2S/c1-14-18(15(2)25(24-14)13-16-9-5-3-6-10-16)23(17-11-7-4-8-12-17)28(26,27)19(20,21)22/h3-12H,13H2,1-2H3. The third kappa shape index (κ3) is 3.95. The first-order valence-corrected chi connectivity index (χ1v) is 14.5. The molecular weight excluding hydrogens is 504 g/mol. The maximum absolute atomic E-state index is 13.5. The first-order chi connectivity index (χ1) is 13.1. The molecule has 0 radical (unpaired) electrons. The predicted octanol–water partition coefficient (Wildman–Crippen LogP) is 4.94. The van der Waals surface area contributed by atoms with E-state index in [-0.39, 0.29) is 7.14 Å². The Balaban J connectivity index is 2.17. The average Bonchev–Trinajstić information content (AvgIpc) is 2.90. The molecule has 0 aliphatic rings. The van der Waals surface area contributed by atoms with Crippen LogP contribution in [0, 0.1) is 21.0 Å². The second-order valence-corrected chi connectivity index (χ2v) is 16.7. The molecule has 1 heterocycles. The van der Waals surface area contributed by atoms with E-state index in [0.29, 0.717) is 17.9 Å². The van der Waals surface area contributed by atoms with Crippen molar-refractivity contribution in [2.45, 2.75) is 25.9 Å². The SMILES string of the molecule is Cc1nn(Cc2ccccc2)c(C)c1I(c1ccccc1)S(=O)(=O)C(F)(F)F. The Kier molecular flexibility index (Phi) is 5.85. The van der Waals surface area contributed by atoms with Crippen molar-refractivity contribution in [2.75, 3.05) is 0 Å². The molecule has 0 aliphatic heterocycles. The van der Waals surface area contributed by atoms with E-state index in [9.17, 15) is 21.6 Å². The fourth-order valence-electron chi connectivity index (χ4n) is 2.78. The fourth-order valence-corrected chi connectivity index (χ4v) is 14.3. The van der Waals surface area contributed by atoms with Gasteiger partial charge in [0.15, 0.2) is 0 Å². The molecule has 0 N–H and O–H groups in total. The minimum absolute atomic E-state index is 0.217. The monoisotopic (exact) mass is 522 g/mol. The second kappa shape index (κ2) is 7.86. The molecule has 4 nitrogen and oxygen atoms in total. The molecule has 0 saturated carbocycles. The number of alkyl halides is 3. The van der Waals surface area contributed by atoms with Gasteiger partial charge in [-0.25, -0.2) is 0 Å². The number of rotatable bonds is 5. The Morgan fingerprint density at radius 2 is 1.50 bits per heavy atom. The van der Waals surface area contributed by atoms with Gasteiger partial charge < -0.3 is 0 Å². The van der Waals surface area contributed by atoms with E-state index < -0.39 is 31.0 Å². The molecular formula is C19H18F3IN2O2S. The summed E-state index contributed by atoms with van der Waals surface area (Å²) in [6.07, 6.45) is 0.